The molecule has 0 aliphatic rings. The molecule has 0 saturated carbocycles. The summed E-state index contributed by atoms with van der Waals surface area (Å²) in [5, 5.41) is 0. The fourth-order valence-corrected chi connectivity index (χ4v) is 0.969. The van der Waals surface area contributed by atoms with Crippen LogP contribution in [0.25, 0.3) is 0 Å². The molecular formula is C11H21NO3. The highest BCUT2D eigenvalue weighted by Gasteiger charge is 2.09. The number of carbonyl (C=O) groups is 2. The third-order valence-corrected chi connectivity index (χ3v) is 2.00. The lowest BCUT2D eigenvalue weighted by atomic mass is 10.1. The van der Waals surface area contributed by atoms with Crippen LogP contribution in [0.15, 0.2) is 0 Å². The second-order valence-corrected chi connectivity index (χ2v) is 4.19. The van der Waals surface area contributed by atoms with Crippen LogP contribution < -0.4 is 0 Å². The number of ether oxygens (including phenoxy) is 1. The molecule has 0 fully saturated rings. The molecule has 15 heavy (non-hydrogen) atoms. The molecular weight excluding hydrogens is 194 g/mol. The van der Waals surface area contributed by atoms with E-state index in [1.54, 1.807) is 11.9 Å². The first kappa shape index (κ1) is 14.1. The van der Waals surface area contributed by atoms with Gasteiger partial charge in [0.1, 0.15) is 13.2 Å². The van der Waals surface area contributed by atoms with Crippen LogP contribution in [-0.4, -0.2) is 43.4 Å². The molecule has 0 spiro atoms. The van der Waals surface area contributed by atoms with E-state index >= 15 is 0 Å². The first-order valence-corrected chi connectivity index (χ1v) is 5.24. The van der Waals surface area contributed by atoms with E-state index in [-0.39, 0.29) is 24.9 Å². The van der Waals surface area contributed by atoms with Gasteiger partial charge in [-0.3, -0.25) is 9.59 Å². The summed E-state index contributed by atoms with van der Waals surface area (Å²) in [6, 6.07) is 0. The smallest absolute Gasteiger partial charge is 0.248 e. The molecule has 0 aromatic heterocycles. The summed E-state index contributed by atoms with van der Waals surface area (Å²) < 4.78 is 4.94. The molecule has 0 bridgehead atoms. The Labute approximate surface area is 91.6 Å². The molecule has 0 rings (SSSR count). The van der Waals surface area contributed by atoms with E-state index in [4.69, 9.17) is 4.74 Å². The average molecular weight is 215 g/mol. The number of ketones is 1. The lowest BCUT2D eigenvalue weighted by Crippen LogP contribution is -2.32. The SMILES string of the molecule is CC(=O)COCC(=O)N(C)CCC(C)C. The first-order valence-electron chi connectivity index (χ1n) is 5.24. The van der Waals surface area contributed by atoms with Crippen LogP contribution in [0.2, 0.25) is 0 Å². The standard InChI is InChI=1S/C11H21NO3/c1-9(2)5-6-12(4)11(14)8-15-7-10(3)13/h9H,5-8H2,1-4H3. The van der Waals surface area contributed by atoms with Gasteiger partial charge in [-0.05, 0) is 19.3 Å². The summed E-state index contributed by atoms with van der Waals surface area (Å²) >= 11 is 0. The largest absolute Gasteiger partial charge is 0.364 e. The van der Waals surface area contributed by atoms with Gasteiger partial charge in [-0.15, -0.1) is 0 Å². The zero-order valence-corrected chi connectivity index (χ0v) is 10.1. The van der Waals surface area contributed by atoms with Crippen molar-refractivity contribution in [3.8, 4) is 0 Å². The van der Waals surface area contributed by atoms with Crippen molar-refractivity contribution in [2.75, 3.05) is 26.8 Å². The minimum atomic E-state index is -0.0723. The van der Waals surface area contributed by atoms with E-state index in [0.29, 0.717) is 5.92 Å². The average Bonchev–Trinajstić information content (AvgIpc) is 2.13. The number of nitrogens with zero attached hydrogens (tertiary/aromatic N) is 1. The van der Waals surface area contributed by atoms with Crippen molar-refractivity contribution >= 4 is 11.7 Å². The normalized spacial score (nSPS) is 10.5. The third-order valence-electron chi connectivity index (χ3n) is 2.00. The molecule has 88 valence electrons. The molecule has 0 saturated heterocycles. The monoisotopic (exact) mass is 215 g/mol. The minimum Gasteiger partial charge on any atom is -0.364 e. The van der Waals surface area contributed by atoms with Gasteiger partial charge in [-0.25, -0.2) is 0 Å². The molecule has 0 N–H and O–H groups in total. The minimum absolute atomic E-state index is 0.00578. The predicted octanol–water partition coefficient (Wildman–Crippen LogP) is 1.10. The van der Waals surface area contributed by atoms with Gasteiger partial charge in [0.05, 0.1) is 0 Å². The van der Waals surface area contributed by atoms with Gasteiger partial charge in [0.25, 0.3) is 0 Å². The van der Waals surface area contributed by atoms with Crippen molar-refractivity contribution in [1.29, 1.82) is 0 Å². The lowest BCUT2D eigenvalue weighted by molar-refractivity contribution is -0.136. The van der Waals surface area contributed by atoms with Crippen LogP contribution in [0.5, 0.6) is 0 Å². The van der Waals surface area contributed by atoms with E-state index in [1.165, 1.54) is 6.92 Å². The Hall–Kier alpha value is -0.900. The second-order valence-electron chi connectivity index (χ2n) is 4.19. The van der Waals surface area contributed by atoms with Gasteiger partial charge >= 0.3 is 0 Å². The van der Waals surface area contributed by atoms with E-state index in [9.17, 15) is 9.59 Å². The Morgan fingerprint density at radius 3 is 2.33 bits per heavy atom. The fourth-order valence-electron chi connectivity index (χ4n) is 0.969. The Balaban J connectivity index is 3.64. The van der Waals surface area contributed by atoms with Gasteiger partial charge in [0.15, 0.2) is 5.78 Å². The maximum absolute atomic E-state index is 11.4. The number of hydrogen-bond acceptors (Lipinski definition) is 3. The van der Waals surface area contributed by atoms with E-state index in [0.717, 1.165) is 13.0 Å². The van der Waals surface area contributed by atoms with Crippen LogP contribution in [0, 0.1) is 5.92 Å². The zero-order valence-electron chi connectivity index (χ0n) is 10.1. The number of likely N-dealkylation sites (N-methyl/N-ethyl adjacent to an activating group) is 1. The van der Waals surface area contributed by atoms with Crippen molar-refractivity contribution in [3.05, 3.63) is 0 Å². The van der Waals surface area contributed by atoms with E-state index in [1.807, 2.05) is 0 Å². The topological polar surface area (TPSA) is 46.6 Å². The summed E-state index contributed by atoms with van der Waals surface area (Å²) in [7, 11) is 1.75. The highest BCUT2D eigenvalue weighted by Crippen LogP contribution is 2.00. The van der Waals surface area contributed by atoms with Gasteiger partial charge < -0.3 is 9.64 Å². The molecule has 4 heteroatoms. The van der Waals surface area contributed by atoms with Crippen LogP contribution in [0.4, 0.5) is 0 Å². The molecule has 1 amide bonds. The van der Waals surface area contributed by atoms with Crippen molar-refractivity contribution < 1.29 is 14.3 Å². The van der Waals surface area contributed by atoms with Crippen LogP contribution in [0.1, 0.15) is 27.2 Å². The summed E-state index contributed by atoms with van der Waals surface area (Å²) in [5.41, 5.74) is 0. The van der Waals surface area contributed by atoms with Crippen LogP contribution in [0.3, 0.4) is 0 Å². The summed E-state index contributed by atoms with van der Waals surface area (Å²) in [6.07, 6.45) is 0.981. The van der Waals surface area contributed by atoms with Crippen molar-refractivity contribution in [3.63, 3.8) is 0 Å². The van der Waals surface area contributed by atoms with Crippen molar-refractivity contribution in [2.45, 2.75) is 27.2 Å². The second kappa shape index (κ2) is 7.40. The molecule has 0 heterocycles. The molecule has 0 atom stereocenters. The third kappa shape index (κ3) is 8.12. The Morgan fingerprint density at radius 1 is 1.27 bits per heavy atom. The molecule has 0 aromatic rings. The van der Waals surface area contributed by atoms with E-state index < -0.39 is 0 Å². The van der Waals surface area contributed by atoms with Crippen molar-refractivity contribution in [2.24, 2.45) is 5.92 Å². The Bertz CT molecular complexity index is 214. The molecule has 0 radical (unpaired) electrons. The number of Topliss-reactive ketones (excluding diaryl/α,β-unsaturated/α-hetero) is 1. The maximum Gasteiger partial charge on any atom is 0.248 e. The van der Waals surface area contributed by atoms with Crippen LogP contribution in [-0.2, 0) is 14.3 Å². The number of rotatable bonds is 7. The number of amides is 1. The Morgan fingerprint density at radius 2 is 1.87 bits per heavy atom. The van der Waals surface area contributed by atoms with Gasteiger partial charge in [-0.2, -0.15) is 0 Å². The number of carbonyl (C=O) groups excluding carboxylic acids is 2. The highest BCUT2D eigenvalue weighted by atomic mass is 16.5. The molecule has 4 nitrogen and oxygen atoms in total. The van der Waals surface area contributed by atoms with Crippen LogP contribution >= 0.6 is 0 Å². The van der Waals surface area contributed by atoms with Gasteiger partial charge in [0, 0.05) is 13.6 Å². The summed E-state index contributed by atoms with van der Waals surface area (Å²) in [5.74, 6) is 0.447. The highest BCUT2D eigenvalue weighted by molar-refractivity contribution is 5.79. The van der Waals surface area contributed by atoms with Gasteiger partial charge in [0.2, 0.25) is 5.91 Å². The Kier molecular flexibility index (Phi) is 6.96. The predicted molar refractivity (Wildman–Crippen MR) is 58.6 cm³/mol. The quantitative estimate of drug-likeness (QED) is 0.639. The molecule has 0 aromatic carbocycles. The van der Waals surface area contributed by atoms with Crippen molar-refractivity contribution in [1.82, 2.24) is 4.90 Å². The van der Waals surface area contributed by atoms with Gasteiger partial charge in [-0.1, -0.05) is 13.8 Å². The zero-order chi connectivity index (χ0) is 11.8. The van der Waals surface area contributed by atoms with E-state index in [2.05, 4.69) is 13.8 Å². The lowest BCUT2D eigenvalue weighted by Gasteiger charge is -2.18. The molecule has 0 aliphatic heterocycles. The number of hydrogen-bond donors (Lipinski definition) is 0. The summed E-state index contributed by atoms with van der Waals surface area (Å²) in [6.45, 7) is 6.42. The summed E-state index contributed by atoms with van der Waals surface area (Å²) in [4.78, 5) is 23.6. The molecule has 0 unspecified atom stereocenters. The maximum atomic E-state index is 11.4. The molecule has 0 aliphatic carbocycles. The first-order chi connectivity index (χ1) is 6.93. The fraction of sp³-hybridized carbons (Fsp3) is 0.818.